The second kappa shape index (κ2) is 5.69. The van der Waals surface area contributed by atoms with Crippen molar-refractivity contribution < 1.29 is 4.39 Å². The van der Waals surface area contributed by atoms with Gasteiger partial charge in [0.05, 0.1) is 0 Å². The van der Waals surface area contributed by atoms with Crippen LogP contribution in [-0.4, -0.2) is 6.17 Å². The van der Waals surface area contributed by atoms with Crippen LogP contribution in [0.5, 0.6) is 0 Å². The number of benzene rings is 1. The molecule has 1 aliphatic carbocycles. The van der Waals surface area contributed by atoms with Gasteiger partial charge >= 0.3 is 0 Å². The Kier molecular flexibility index (Phi) is 4.21. The zero-order valence-electron chi connectivity index (χ0n) is 11.5. The monoisotopic (exact) mass is 246 g/mol. The van der Waals surface area contributed by atoms with Crippen LogP contribution in [0.1, 0.15) is 43.7 Å². The Morgan fingerprint density at radius 2 is 1.94 bits per heavy atom. The molecule has 0 aromatic heterocycles. The van der Waals surface area contributed by atoms with E-state index < -0.39 is 6.17 Å². The van der Waals surface area contributed by atoms with E-state index in [2.05, 4.69) is 37.8 Å². The zero-order valence-corrected chi connectivity index (χ0v) is 11.5. The lowest BCUT2D eigenvalue weighted by molar-refractivity contribution is 0.275. The fourth-order valence-electron chi connectivity index (χ4n) is 2.87. The fourth-order valence-corrected chi connectivity index (χ4v) is 2.87. The molecule has 0 amide bonds. The van der Waals surface area contributed by atoms with Gasteiger partial charge in [0.1, 0.15) is 6.17 Å². The first-order valence-corrected chi connectivity index (χ1v) is 6.95. The summed E-state index contributed by atoms with van der Waals surface area (Å²) in [4.78, 5) is 0. The van der Waals surface area contributed by atoms with Crippen LogP contribution >= 0.6 is 0 Å². The summed E-state index contributed by atoms with van der Waals surface area (Å²) >= 11 is 0. The molecule has 1 aliphatic rings. The highest BCUT2D eigenvalue weighted by Crippen LogP contribution is 2.37. The zero-order chi connectivity index (χ0) is 13.1. The quantitative estimate of drug-likeness (QED) is 0.687. The Morgan fingerprint density at radius 3 is 2.50 bits per heavy atom. The number of aryl methyl sites for hydroxylation is 1. The third-order valence-corrected chi connectivity index (χ3v) is 4.20. The van der Waals surface area contributed by atoms with E-state index in [0.717, 1.165) is 25.7 Å². The Balaban J connectivity index is 1.84. The van der Waals surface area contributed by atoms with Gasteiger partial charge in [-0.1, -0.05) is 43.3 Å². The molecule has 0 N–H and O–H groups in total. The molecular formula is C17H23F. The van der Waals surface area contributed by atoms with Crippen molar-refractivity contribution in [2.75, 3.05) is 0 Å². The highest BCUT2D eigenvalue weighted by molar-refractivity contribution is 5.63. The lowest BCUT2D eigenvalue weighted by atomic mass is 9.94. The molecule has 0 heterocycles. The van der Waals surface area contributed by atoms with Gasteiger partial charge in [-0.15, -0.1) is 0 Å². The van der Waals surface area contributed by atoms with Crippen molar-refractivity contribution in [3.05, 3.63) is 42.0 Å². The van der Waals surface area contributed by atoms with Gasteiger partial charge in [0, 0.05) is 0 Å². The van der Waals surface area contributed by atoms with Crippen molar-refractivity contribution in [3.63, 3.8) is 0 Å². The first kappa shape index (κ1) is 13.3. The average Bonchev–Trinajstić information content (AvgIpc) is 2.67. The summed E-state index contributed by atoms with van der Waals surface area (Å²) in [6.07, 6.45) is 3.29. The van der Waals surface area contributed by atoms with Gasteiger partial charge in [0.15, 0.2) is 0 Å². The number of hydrogen-bond acceptors (Lipinski definition) is 0. The van der Waals surface area contributed by atoms with Crippen LogP contribution in [0.15, 0.2) is 30.8 Å². The second-order valence-electron chi connectivity index (χ2n) is 5.84. The molecule has 0 spiro atoms. The van der Waals surface area contributed by atoms with Crippen molar-refractivity contribution >= 4 is 5.57 Å². The highest BCUT2D eigenvalue weighted by Gasteiger charge is 2.30. The molecular weight excluding hydrogens is 223 g/mol. The van der Waals surface area contributed by atoms with Crippen LogP contribution in [-0.2, 0) is 0 Å². The molecule has 18 heavy (non-hydrogen) atoms. The van der Waals surface area contributed by atoms with Crippen LogP contribution in [0.4, 0.5) is 4.39 Å². The van der Waals surface area contributed by atoms with Gasteiger partial charge in [-0.3, -0.25) is 0 Å². The van der Waals surface area contributed by atoms with E-state index in [4.69, 9.17) is 0 Å². The van der Waals surface area contributed by atoms with Crippen molar-refractivity contribution in [2.45, 2.75) is 45.7 Å². The van der Waals surface area contributed by atoms with Crippen molar-refractivity contribution in [1.29, 1.82) is 0 Å². The van der Waals surface area contributed by atoms with E-state index in [1.165, 1.54) is 16.7 Å². The molecule has 1 saturated carbocycles. The Labute approximate surface area is 110 Å². The van der Waals surface area contributed by atoms with E-state index in [1.54, 1.807) is 0 Å². The first-order valence-electron chi connectivity index (χ1n) is 6.95. The maximum atomic E-state index is 13.4. The van der Waals surface area contributed by atoms with Gasteiger partial charge in [-0.05, 0) is 55.6 Å². The fraction of sp³-hybridized carbons (Fsp3) is 0.529. The van der Waals surface area contributed by atoms with Gasteiger partial charge in [0.25, 0.3) is 0 Å². The maximum Gasteiger partial charge on any atom is 0.103 e. The van der Waals surface area contributed by atoms with Crippen LogP contribution in [0, 0.1) is 18.8 Å². The summed E-state index contributed by atoms with van der Waals surface area (Å²) in [6, 6.07) is 8.51. The molecule has 0 bridgehead atoms. The van der Waals surface area contributed by atoms with Crippen molar-refractivity contribution in [3.8, 4) is 0 Å². The number of hydrogen-bond donors (Lipinski definition) is 0. The molecule has 2 rings (SSSR count). The topological polar surface area (TPSA) is 0 Å². The normalized spacial score (nSPS) is 27.4. The Hall–Kier alpha value is -1.11. The molecule has 0 radical (unpaired) electrons. The summed E-state index contributed by atoms with van der Waals surface area (Å²) in [5, 5.41) is 0. The molecule has 3 unspecified atom stereocenters. The molecule has 0 saturated heterocycles. The van der Waals surface area contributed by atoms with E-state index in [0.29, 0.717) is 5.92 Å². The minimum Gasteiger partial charge on any atom is -0.247 e. The predicted octanol–water partition coefficient (Wildman–Crippen LogP) is 5.17. The molecule has 1 fully saturated rings. The summed E-state index contributed by atoms with van der Waals surface area (Å²) in [5.41, 5.74) is 3.69. The average molecular weight is 246 g/mol. The molecule has 3 atom stereocenters. The lowest BCUT2D eigenvalue weighted by Gasteiger charge is -2.11. The number of rotatable bonds is 4. The number of alkyl halides is 1. The SMILES string of the molecule is C=C(CCC1CC(C)C(F)C1)c1ccc(C)cc1. The summed E-state index contributed by atoms with van der Waals surface area (Å²) in [5.74, 6) is 0.805. The summed E-state index contributed by atoms with van der Waals surface area (Å²) in [6.45, 7) is 8.28. The maximum absolute atomic E-state index is 13.4. The van der Waals surface area contributed by atoms with E-state index in [-0.39, 0.29) is 5.92 Å². The number of allylic oxidation sites excluding steroid dienone is 1. The van der Waals surface area contributed by atoms with Crippen molar-refractivity contribution in [1.82, 2.24) is 0 Å². The third kappa shape index (κ3) is 3.22. The summed E-state index contributed by atoms with van der Waals surface area (Å²) in [7, 11) is 0. The van der Waals surface area contributed by atoms with Crippen molar-refractivity contribution in [2.24, 2.45) is 11.8 Å². The van der Waals surface area contributed by atoms with Gasteiger partial charge in [-0.2, -0.15) is 0 Å². The molecule has 1 aromatic rings. The minimum atomic E-state index is -0.581. The van der Waals surface area contributed by atoms with Gasteiger partial charge < -0.3 is 0 Å². The van der Waals surface area contributed by atoms with Crippen LogP contribution in [0.25, 0.3) is 5.57 Å². The van der Waals surface area contributed by atoms with Crippen LogP contribution < -0.4 is 0 Å². The van der Waals surface area contributed by atoms with E-state index >= 15 is 0 Å². The summed E-state index contributed by atoms with van der Waals surface area (Å²) < 4.78 is 13.4. The largest absolute Gasteiger partial charge is 0.247 e. The van der Waals surface area contributed by atoms with Crippen LogP contribution in [0.3, 0.4) is 0 Å². The molecule has 1 heteroatoms. The number of halogens is 1. The second-order valence-corrected chi connectivity index (χ2v) is 5.84. The third-order valence-electron chi connectivity index (χ3n) is 4.20. The van der Waals surface area contributed by atoms with E-state index in [9.17, 15) is 4.39 Å². The van der Waals surface area contributed by atoms with Gasteiger partial charge in [-0.25, -0.2) is 4.39 Å². The van der Waals surface area contributed by atoms with Crippen LogP contribution in [0.2, 0.25) is 0 Å². The smallest absolute Gasteiger partial charge is 0.103 e. The standard InChI is InChI=1S/C17H23F/c1-12-4-8-16(9-5-12)13(2)6-7-15-10-14(3)17(18)11-15/h4-5,8-9,14-15,17H,2,6-7,10-11H2,1,3H3. The Morgan fingerprint density at radius 1 is 1.28 bits per heavy atom. The first-order chi connectivity index (χ1) is 8.56. The van der Waals surface area contributed by atoms with E-state index in [1.807, 2.05) is 6.92 Å². The minimum absolute atomic E-state index is 0.252. The lowest BCUT2D eigenvalue weighted by Crippen LogP contribution is -2.01. The molecule has 98 valence electrons. The van der Waals surface area contributed by atoms with Gasteiger partial charge in [0.2, 0.25) is 0 Å². The molecule has 0 nitrogen and oxygen atoms in total. The highest BCUT2D eigenvalue weighted by atomic mass is 19.1. The molecule has 1 aromatic carbocycles. The molecule has 0 aliphatic heterocycles. The Bertz CT molecular complexity index is 394. The predicted molar refractivity (Wildman–Crippen MR) is 76.2 cm³/mol.